The van der Waals surface area contributed by atoms with Gasteiger partial charge in [0.25, 0.3) is 0 Å². The van der Waals surface area contributed by atoms with Gasteiger partial charge in [0, 0.05) is 0 Å². The summed E-state index contributed by atoms with van der Waals surface area (Å²) >= 11 is 0. The molecule has 0 amide bonds. The molecule has 0 aliphatic carbocycles. The van der Waals surface area contributed by atoms with Crippen LogP contribution in [0.1, 0.15) is 20.7 Å². The van der Waals surface area contributed by atoms with Crippen LogP contribution in [0.4, 0.5) is 4.39 Å². The maximum absolute atomic E-state index is 13.7. The number of hydrogen-bond donors (Lipinski definition) is 1. The highest BCUT2D eigenvalue weighted by molar-refractivity contribution is 5.90. The van der Waals surface area contributed by atoms with E-state index >= 15 is 0 Å². The normalized spacial score (nSPS) is 25.3. The highest BCUT2D eigenvalue weighted by Crippen LogP contribution is 2.23. The van der Waals surface area contributed by atoms with Crippen LogP contribution in [0.5, 0.6) is 0 Å². The van der Waals surface area contributed by atoms with Gasteiger partial charge in [-0.1, -0.05) is 36.4 Å². The van der Waals surface area contributed by atoms with E-state index in [1.165, 1.54) is 12.1 Å². The number of rotatable bonds is 4. The molecule has 2 aromatic rings. The van der Waals surface area contributed by atoms with Crippen molar-refractivity contribution in [3.05, 3.63) is 71.8 Å². The van der Waals surface area contributed by atoms with Gasteiger partial charge in [-0.2, -0.15) is 0 Å². The van der Waals surface area contributed by atoms with E-state index < -0.39 is 36.6 Å². The fraction of sp³-hybridized carbons (Fsp3) is 0.263. The molecule has 1 saturated heterocycles. The second kappa shape index (κ2) is 8.07. The fourth-order valence-electron chi connectivity index (χ4n) is 2.54. The van der Waals surface area contributed by atoms with Crippen LogP contribution >= 0.6 is 0 Å². The third-order valence-electron chi connectivity index (χ3n) is 3.91. The summed E-state index contributed by atoms with van der Waals surface area (Å²) in [6.07, 6.45) is -6.35. The largest absolute Gasteiger partial charge is 0.452 e. The molecule has 0 aromatic heterocycles. The van der Waals surface area contributed by atoms with Crippen LogP contribution in [0.2, 0.25) is 0 Å². The molecule has 0 unspecified atom stereocenters. The number of alkyl halides is 1. The van der Waals surface area contributed by atoms with E-state index in [-0.39, 0.29) is 17.7 Å². The van der Waals surface area contributed by atoms with E-state index in [0.717, 1.165) is 0 Å². The Morgan fingerprint density at radius 3 is 1.96 bits per heavy atom. The van der Waals surface area contributed by atoms with Crippen molar-refractivity contribution in [1.82, 2.24) is 0 Å². The average Bonchev–Trinajstić information content (AvgIpc) is 2.68. The summed E-state index contributed by atoms with van der Waals surface area (Å²) in [7, 11) is 0. The molecule has 1 N–H and O–H groups in total. The first kappa shape index (κ1) is 18.0. The Labute approximate surface area is 149 Å². The van der Waals surface area contributed by atoms with Crippen molar-refractivity contribution in [2.75, 3.05) is 6.61 Å². The zero-order chi connectivity index (χ0) is 18.5. The lowest BCUT2D eigenvalue weighted by Gasteiger charge is -2.35. The maximum atomic E-state index is 13.7. The number of aliphatic hydroxyl groups excluding tert-OH is 1. The molecule has 0 saturated carbocycles. The van der Waals surface area contributed by atoms with Crippen LogP contribution in [-0.2, 0) is 14.2 Å². The third kappa shape index (κ3) is 4.07. The van der Waals surface area contributed by atoms with Gasteiger partial charge < -0.3 is 19.3 Å². The summed E-state index contributed by atoms with van der Waals surface area (Å²) in [5.41, 5.74) is 0.507. The molecule has 1 fully saturated rings. The number of ether oxygens (including phenoxy) is 3. The number of benzene rings is 2. The van der Waals surface area contributed by atoms with E-state index in [2.05, 4.69) is 0 Å². The first-order valence-electron chi connectivity index (χ1n) is 8.02. The molecule has 6 nitrogen and oxygen atoms in total. The second-order valence-electron chi connectivity index (χ2n) is 5.72. The standard InChI is InChI=1S/C19H17FO6/c20-17-15(21)16(26-19(23)13-9-5-2-6-10-13)14(11-24-17)25-18(22)12-7-3-1-4-8-12/h1-10,14-17,21H,11H2/t14-,15-,16+,17+/m1/s1. The zero-order valence-electron chi connectivity index (χ0n) is 13.7. The van der Waals surface area contributed by atoms with Crippen LogP contribution in [0, 0.1) is 0 Å². The Bertz CT molecular complexity index is 751. The number of hydrogen-bond acceptors (Lipinski definition) is 6. The minimum Gasteiger partial charge on any atom is -0.452 e. The fourth-order valence-corrected chi connectivity index (χ4v) is 2.54. The van der Waals surface area contributed by atoms with Crippen LogP contribution < -0.4 is 0 Å². The molecule has 1 heterocycles. The summed E-state index contributed by atoms with van der Waals surface area (Å²) in [6.45, 7) is -0.344. The van der Waals surface area contributed by atoms with E-state index in [0.29, 0.717) is 0 Å². The Kier molecular flexibility index (Phi) is 5.60. The lowest BCUT2D eigenvalue weighted by Crippen LogP contribution is -2.54. The highest BCUT2D eigenvalue weighted by Gasteiger charge is 2.44. The van der Waals surface area contributed by atoms with Crippen molar-refractivity contribution in [3.8, 4) is 0 Å². The van der Waals surface area contributed by atoms with Crippen molar-refractivity contribution in [2.45, 2.75) is 24.7 Å². The number of carbonyl (C=O) groups is 2. The zero-order valence-corrected chi connectivity index (χ0v) is 13.7. The average molecular weight is 360 g/mol. The van der Waals surface area contributed by atoms with Gasteiger partial charge in [0.15, 0.2) is 18.3 Å². The van der Waals surface area contributed by atoms with E-state index in [9.17, 15) is 19.1 Å². The molecule has 26 heavy (non-hydrogen) atoms. The molecule has 0 spiro atoms. The summed E-state index contributed by atoms with van der Waals surface area (Å²) in [5.74, 6) is -1.45. The van der Waals surface area contributed by atoms with Gasteiger partial charge in [-0.3, -0.25) is 0 Å². The molecule has 0 bridgehead atoms. The first-order valence-corrected chi connectivity index (χ1v) is 8.02. The Hall–Kier alpha value is -2.77. The number of carbonyl (C=O) groups excluding carboxylic acids is 2. The molecule has 1 aliphatic rings. The van der Waals surface area contributed by atoms with Crippen LogP contribution in [0.3, 0.4) is 0 Å². The number of aliphatic hydroxyl groups is 1. The third-order valence-corrected chi connectivity index (χ3v) is 3.91. The van der Waals surface area contributed by atoms with Gasteiger partial charge in [-0.15, -0.1) is 0 Å². The van der Waals surface area contributed by atoms with Crippen LogP contribution in [-0.4, -0.2) is 48.3 Å². The molecular weight excluding hydrogens is 343 g/mol. The SMILES string of the molecule is O=C(O[C@@H]1[C@@H](O)[C@@H](F)OC[C@H]1OC(=O)c1ccccc1)c1ccccc1. The molecule has 1 aliphatic heterocycles. The molecule has 3 rings (SSSR count). The van der Waals surface area contributed by atoms with Crippen molar-refractivity contribution >= 4 is 11.9 Å². The van der Waals surface area contributed by atoms with E-state index in [1.807, 2.05) is 0 Å². The molecule has 136 valence electrons. The molecular formula is C19H17FO6. The molecule has 0 radical (unpaired) electrons. The summed E-state index contributed by atoms with van der Waals surface area (Å²) in [4.78, 5) is 24.4. The van der Waals surface area contributed by atoms with Gasteiger partial charge in [0.05, 0.1) is 17.7 Å². The minimum absolute atomic E-state index is 0.231. The molecule has 4 atom stereocenters. The minimum atomic E-state index is -2.05. The summed E-state index contributed by atoms with van der Waals surface area (Å²) < 4.78 is 29.0. The van der Waals surface area contributed by atoms with E-state index in [4.69, 9.17) is 14.2 Å². The molecule has 7 heteroatoms. The van der Waals surface area contributed by atoms with Gasteiger partial charge >= 0.3 is 11.9 Å². The van der Waals surface area contributed by atoms with Gasteiger partial charge in [0.1, 0.15) is 0 Å². The van der Waals surface area contributed by atoms with E-state index in [1.54, 1.807) is 48.5 Å². The monoisotopic (exact) mass is 360 g/mol. The lowest BCUT2D eigenvalue weighted by atomic mass is 10.0. The summed E-state index contributed by atoms with van der Waals surface area (Å²) in [6, 6.07) is 16.2. The van der Waals surface area contributed by atoms with Crippen LogP contribution in [0.15, 0.2) is 60.7 Å². The Morgan fingerprint density at radius 1 is 0.923 bits per heavy atom. The molecule has 2 aromatic carbocycles. The Morgan fingerprint density at radius 2 is 1.42 bits per heavy atom. The first-order chi connectivity index (χ1) is 12.6. The van der Waals surface area contributed by atoms with Crippen molar-refractivity contribution < 1.29 is 33.3 Å². The highest BCUT2D eigenvalue weighted by atomic mass is 19.1. The summed E-state index contributed by atoms with van der Waals surface area (Å²) in [5, 5.41) is 10.0. The van der Waals surface area contributed by atoms with Crippen LogP contribution in [0.25, 0.3) is 0 Å². The maximum Gasteiger partial charge on any atom is 0.338 e. The van der Waals surface area contributed by atoms with Gasteiger partial charge in [-0.05, 0) is 24.3 Å². The van der Waals surface area contributed by atoms with Crippen molar-refractivity contribution in [2.24, 2.45) is 0 Å². The van der Waals surface area contributed by atoms with Crippen molar-refractivity contribution in [1.29, 1.82) is 0 Å². The number of esters is 2. The topological polar surface area (TPSA) is 82.1 Å². The van der Waals surface area contributed by atoms with Crippen molar-refractivity contribution in [3.63, 3.8) is 0 Å². The predicted octanol–water partition coefficient (Wildman–Crippen LogP) is 2.12. The Balaban J connectivity index is 1.74. The number of halogens is 1. The second-order valence-corrected chi connectivity index (χ2v) is 5.72. The lowest BCUT2D eigenvalue weighted by molar-refractivity contribution is -0.224. The quantitative estimate of drug-likeness (QED) is 0.841. The van der Waals surface area contributed by atoms with Gasteiger partial charge in [0.2, 0.25) is 6.36 Å². The van der Waals surface area contributed by atoms with Gasteiger partial charge in [-0.25, -0.2) is 14.0 Å². The predicted molar refractivity (Wildman–Crippen MR) is 88.1 cm³/mol. The smallest absolute Gasteiger partial charge is 0.338 e.